The molecule has 9 heteroatoms. The van der Waals surface area contributed by atoms with E-state index in [1.807, 2.05) is 80.4 Å². The predicted octanol–water partition coefficient (Wildman–Crippen LogP) is 4.96. The van der Waals surface area contributed by atoms with Gasteiger partial charge in [0.15, 0.2) is 0 Å². The minimum Gasteiger partial charge on any atom is -0.378 e. The van der Waals surface area contributed by atoms with Gasteiger partial charge in [0.2, 0.25) is 5.95 Å². The Morgan fingerprint density at radius 2 is 1.86 bits per heavy atom. The van der Waals surface area contributed by atoms with Crippen molar-refractivity contribution in [2.24, 2.45) is 7.05 Å². The van der Waals surface area contributed by atoms with E-state index in [1.54, 1.807) is 10.9 Å². The number of aryl methyl sites for hydroxylation is 1. The van der Waals surface area contributed by atoms with Crippen molar-refractivity contribution in [2.45, 2.75) is 19.4 Å². The summed E-state index contributed by atoms with van der Waals surface area (Å²) in [5, 5.41) is 14.2. The third-order valence-corrected chi connectivity index (χ3v) is 6.03. The van der Waals surface area contributed by atoms with Gasteiger partial charge in [-0.05, 0) is 48.7 Å². The van der Waals surface area contributed by atoms with Gasteiger partial charge >= 0.3 is 6.03 Å². The fraction of sp³-hybridized carbons (Fsp3) is 0.179. The molecule has 0 spiro atoms. The van der Waals surface area contributed by atoms with E-state index in [2.05, 4.69) is 49.0 Å². The zero-order valence-electron chi connectivity index (χ0n) is 20.7. The Bertz CT molecular complexity index is 1520. The fourth-order valence-corrected chi connectivity index (χ4v) is 4.04. The molecule has 3 N–H and O–H groups in total. The molecule has 0 bridgehead atoms. The fourth-order valence-electron chi connectivity index (χ4n) is 4.04. The van der Waals surface area contributed by atoms with Gasteiger partial charge in [0.25, 0.3) is 0 Å². The summed E-state index contributed by atoms with van der Waals surface area (Å²) in [5.41, 5.74) is 5.90. The molecule has 37 heavy (non-hydrogen) atoms. The molecule has 2 amide bonds. The van der Waals surface area contributed by atoms with Crippen LogP contribution in [-0.4, -0.2) is 37.3 Å². The van der Waals surface area contributed by atoms with E-state index < -0.39 is 0 Å². The number of nitrogens with one attached hydrogen (secondary N) is 3. The quantitative estimate of drug-likeness (QED) is 0.282. The zero-order chi connectivity index (χ0) is 25.6. The summed E-state index contributed by atoms with van der Waals surface area (Å²) in [6.07, 6.45) is 9.96. The monoisotopic (exact) mass is 492 g/mol. The second-order valence-electron chi connectivity index (χ2n) is 8.86. The summed E-state index contributed by atoms with van der Waals surface area (Å²) in [6.45, 7) is 2.60. The molecule has 0 aliphatic carbocycles. The molecule has 186 valence electrons. The number of benzene rings is 2. The van der Waals surface area contributed by atoms with Crippen LogP contribution in [0.25, 0.3) is 22.0 Å². The smallest absolute Gasteiger partial charge is 0.321 e. The topological polar surface area (TPSA) is 110 Å². The predicted molar refractivity (Wildman–Crippen MR) is 145 cm³/mol. The van der Waals surface area contributed by atoms with Gasteiger partial charge < -0.3 is 10.6 Å². The van der Waals surface area contributed by atoms with Crippen LogP contribution in [0.4, 0.5) is 16.4 Å². The molecule has 0 aliphatic rings. The van der Waals surface area contributed by atoms with Crippen LogP contribution < -0.4 is 16.0 Å². The van der Waals surface area contributed by atoms with E-state index in [4.69, 9.17) is 0 Å². The van der Waals surface area contributed by atoms with E-state index in [0.29, 0.717) is 6.54 Å². The number of amides is 2. The maximum Gasteiger partial charge on any atom is 0.321 e. The first-order chi connectivity index (χ1) is 18.0. The maximum atomic E-state index is 12.3. The van der Waals surface area contributed by atoms with Crippen molar-refractivity contribution < 1.29 is 4.79 Å². The van der Waals surface area contributed by atoms with Crippen LogP contribution in [0, 0.1) is 0 Å². The number of fused-ring (bicyclic) bond motifs is 1. The van der Waals surface area contributed by atoms with Gasteiger partial charge in [0.1, 0.15) is 0 Å². The summed E-state index contributed by atoms with van der Waals surface area (Å²) in [7, 11) is 1.90. The van der Waals surface area contributed by atoms with Crippen LogP contribution in [0.2, 0.25) is 0 Å². The third-order valence-electron chi connectivity index (χ3n) is 6.03. The van der Waals surface area contributed by atoms with Crippen LogP contribution in [0.1, 0.15) is 24.1 Å². The van der Waals surface area contributed by atoms with Crippen molar-refractivity contribution in [1.29, 1.82) is 0 Å². The molecule has 3 aromatic heterocycles. The van der Waals surface area contributed by atoms with Crippen LogP contribution in [0.3, 0.4) is 0 Å². The van der Waals surface area contributed by atoms with Crippen LogP contribution in [0.5, 0.6) is 0 Å². The largest absolute Gasteiger partial charge is 0.378 e. The summed E-state index contributed by atoms with van der Waals surface area (Å²) >= 11 is 0. The van der Waals surface area contributed by atoms with Crippen molar-refractivity contribution in [3.63, 3.8) is 0 Å². The van der Waals surface area contributed by atoms with E-state index in [1.165, 1.54) is 5.56 Å². The number of rotatable bonds is 8. The lowest BCUT2D eigenvalue weighted by Crippen LogP contribution is -2.31. The second kappa shape index (κ2) is 10.9. The Hall–Kier alpha value is -4.79. The van der Waals surface area contributed by atoms with Crippen LogP contribution >= 0.6 is 0 Å². The van der Waals surface area contributed by atoms with Crippen molar-refractivity contribution in [3.8, 4) is 11.1 Å². The highest BCUT2D eigenvalue weighted by Crippen LogP contribution is 2.25. The van der Waals surface area contributed by atoms with Gasteiger partial charge in [-0.25, -0.2) is 14.8 Å². The third kappa shape index (κ3) is 6.07. The number of pyridine rings is 1. The average molecular weight is 493 g/mol. The highest BCUT2D eigenvalue weighted by atomic mass is 16.2. The molecule has 0 fully saturated rings. The molecule has 1 unspecified atom stereocenters. The number of carbonyl (C=O) groups is 1. The number of aromatic nitrogens is 5. The lowest BCUT2D eigenvalue weighted by Gasteiger charge is -2.16. The second-order valence-corrected chi connectivity index (χ2v) is 8.86. The van der Waals surface area contributed by atoms with E-state index in [0.717, 1.165) is 39.7 Å². The standard InChI is InChI=1S/C28H28N8O/c1-19(22-12-23(15-29-14-22)24-17-32-36(2)18-24)33-25-9-8-21-16-31-27(34-26(21)13-25)35-28(37)30-11-10-20-6-4-3-5-7-20/h3-9,12-19,33H,10-11H2,1-2H3,(H2,30,31,34,35,37). The number of carbonyl (C=O) groups excluding carboxylic acids is 1. The molecule has 0 radical (unpaired) electrons. The van der Waals surface area contributed by atoms with E-state index in [-0.39, 0.29) is 18.0 Å². The highest BCUT2D eigenvalue weighted by molar-refractivity contribution is 5.89. The Morgan fingerprint density at radius 1 is 1.00 bits per heavy atom. The zero-order valence-corrected chi connectivity index (χ0v) is 20.7. The van der Waals surface area contributed by atoms with Crippen LogP contribution in [0.15, 0.2) is 85.6 Å². The van der Waals surface area contributed by atoms with Gasteiger partial charge in [0, 0.05) is 60.6 Å². The highest BCUT2D eigenvalue weighted by Gasteiger charge is 2.11. The Morgan fingerprint density at radius 3 is 2.68 bits per heavy atom. The van der Waals surface area contributed by atoms with Gasteiger partial charge in [0.05, 0.1) is 17.8 Å². The lowest BCUT2D eigenvalue weighted by atomic mass is 10.1. The molecule has 1 atom stereocenters. The number of anilines is 2. The molecule has 2 aromatic carbocycles. The van der Waals surface area contributed by atoms with Crippen molar-refractivity contribution in [2.75, 3.05) is 17.2 Å². The van der Waals surface area contributed by atoms with E-state index >= 15 is 0 Å². The first-order valence-corrected chi connectivity index (χ1v) is 12.1. The van der Waals surface area contributed by atoms with Crippen molar-refractivity contribution >= 4 is 28.6 Å². The molecule has 9 nitrogen and oxygen atoms in total. The first-order valence-electron chi connectivity index (χ1n) is 12.1. The van der Waals surface area contributed by atoms with Crippen molar-refractivity contribution in [1.82, 2.24) is 30.0 Å². The number of urea groups is 1. The molecule has 5 rings (SSSR count). The molecule has 3 heterocycles. The van der Waals surface area contributed by atoms with Gasteiger partial charge in [-0.15, -0.1) is 0 Å². The normalized spacial score (nSPS) is 11.7. The average Bonchev–Trinajstić information content (AvgIpc) is 3.35. The molecule has 0 saturated carbocycles. The minimum atomic E-state index is -0.334. The molecule has 0 saturated heterocycles. The number of hydrogen-bond donors (Lipinski definition) is 3. The molecular formula is C28H28N8O. The molecule has 5 aromatic rings. The molecular weight excluding hydrogens is 464 g/mol. The summed E-state index contributed by atoms with van der Waals surface area (Å²) in [6, 6.07) is 17.7. The Kier molecular flexibility index (Phi) is 7.02. The summed E-state index contributed by atoms with van der Waals surface area (Å²) in [4.78, 5) is 25.5. The van der Waals surface area contributed by atoms with Crippen LogP contribution in [-0.2, 0) is 13.5 Å². The number of nitrogens with zero attached hydrogens (tertiary/aromatic N) is 5. The van der Waals surface area contributed by atoms with Gasteiger partial charge in [-0.2, -0.15) is 5.10 Å². The molecule has 0 aliphatic heterocycles. The Labute approximate surface area is 215 Å². The summed E-state index contributed by atoms with van der Waals surface area (Å²) in [5.74, 6) is 0.253. The maximum absolute atomic E-state index is 12.3. The van der Waals surface area contributed by atoms with Gasteiger partial charge in [-0.1, -0.05) is 30.3 Å². The number of hydrogen-bond acceptors (Lipinski definition) is 6. The summed E-state index contributed by atoms with van der Waals surface area (Å²) < 4.78 is 1.78. The minimum absolute atomic E-state index is 0.0106. The van der Waals surface area contributed by atoms with Gasteiger partial charge in [-0.3, -0.25) is 15.0 Å². The Balaban J connectivity index is 1.23. The van der Waals surface area contributed by atoms with Crippen molar-refractivity contribution in [3.05, 3.63) is 96.7 Å². The van der Waals surface area contributed by atoms with E-state index in [9.17, 15) is 4.79 Å². The SMILES string of the molecule is CC(Nc1ccc2cnc(NC(=O)NCCc3ccccc3)nc2c1)c1cncc(-c2cnn(C)c2)c1. The first kappa shape index (κ1) is 23.9. The lowest BCUT2D eigenvalue weighted by molar-refractivity contribution is 0.252.